The Hall–Kier alpha value is -1.95. The predicted octanol–water partition coefficient (Wildman–Crippen LogP) is 5.09. The van der Waals surface area contributed by atoms with Crippen LogP contribution in [0.1, 0.15) is 48.5 Å². The van der Waals surface area contributed by atoms with Crippen molar-refractivity contribution >= 4 is 11.5 Å². The van der Waals surface area contributed by atoms with Gasteiger partial charge in [0, 0.05) is 24.0 Å². The first kappa shape index (κ1) is 27.1. The van der Waals surface area contributed by atoms with E-state index in [-0.39, 0.29) is 29.0 Å². The zero-order valence-electron chi connectivity index (χ0n) is 18.4. The summed E-state index contributed by atoms with van der Waals surface area (Å²) in [5.74, 6) is 0.183. The number of hydrogen-bond acceptors (Lipinski definition) is 5. The second kappa shape index (κ2) is 11.9. The molecule has 0 amide bonds. The van der Waals surface area contributed by atoms with Crippen molar-refractivity contribution in [1.82, 2.24) is 0 Å². The molecule has 1 aliphatic rings. The Morgan fingerprint density at radius 1 is 1.00 bits per heavy atom. The molecule has 0 radical (unpaired) electrons. The number of aliphatic hydroxyl groups is 1. The van der Waals surface area contributed by atoms with E-state index in [1.54, 1.807) is 31.3 Å². The first-order chi connectivity index (χ1) is 13.4. The number of carbonyl (C=O) groups excluding carboxylic acids is 1. The summed E-state index contributed by atoms with van der Waals surface area (Å²) < 4.78 is 8.19. The van der Waals surface area contributed by atoms with E-state index in [1.807, 2.05) is 18.2 Å². The van der Waals surface area contributed by atoms with E-state index in [2.05, 4.69) is 46.9 Å². The number of phenols is 1. The van der Waals surface area contributed by atoms with Crippen LogP contribution in [0.4, 0.5) is 5.69 Å². The first-order valence-electron chi connectivity index (χ1n) is 9.44. The van der Waals surface area contributed by atoms with Gasteiger partial charge in [-0.25, -0.2) is 0 Å². The molecule has 29 heavy (non-hydrogen) atoms. The van der Waals surface area contributed by atoms with E-state index < -0.39 is 0 Å². The van der Waals surface area contributed by atoms with Crippen LogP contribution in [0.25, 0.3) is 0 Å². The third-order valence-corrected chi connectivity index (χ3v) is 4.08. The number of Topliss-reactive ketones (excluding diaryl/α,β-unsaturated/α-hetero) is 1. The Balaban J connectivity index is 0.00000143. The molecule has 0 saturated carbocycles. The minimum absolute atomic E-state index is 0.0263. The second-order valence-corrected chi connectivity index (χ2v) is 8.56. The Bertz CT molecular complexity index is 781. The van der Waals surface area contributed by atoms with Crippen LogP contribution in [0, 0.1) is 10.8 Å². The fourth-order valence-electron chi connectivity index (χ4n) is 2.50. The maximum absolute atomic E-state index is 12.9. The van der Waals surface area contributed by atoms with Gasteiger partial charge >= 0.3 is 21.0 Å². The van der Waals surface area contributed by atoms with Gasteiger partial charge in [-0.1, -0.05) is 59.8 Å². The van der Waals surface area contributed by atoms with Gasteiger partial charge < -0.3 is 15.5 Å². The molecule has 0 bridgehead atoms. The van der Waals surface area contributed by atoms with Crippen LogP contribution in [0.2, 0.25) is 0 Å². The van der Waals surface area contributed by atoms with Crippen molar-refractivity contribution in [3.05, 3.63) is 59.3 Å². The molecular weight excluding hydrogens is 405 g/mol. The number of rotatable bonds is 2. The van der Waals surface area contributed by atoms with Crippen molar-refractivity contribution in [3.63, 3.8) is 0 Å². The summed E-state index contributed by atoms with van der Waals surface area (Å²) in [7, 11) is 0. The fourth-order valence-corrected chi connectivity index (χ4v) is 2.50. The number of hydrogen-bond donors (Lipinski definition) is 3. The molecule has 1 aliphatic carbocycles. The Labute approximate surface area is 183 Å². The molecule has 0 aromatic heterocycles. The van der Waals surface area contributed by atoms with E-state index >= 15 is 0 Å². The number of aromatic hydroxyl groups is 1. The topological polar surface area (TPSA) is 86.6 Å². The number of carbonyl (C=O) groups is 1. The van der Waals surface area contributed by atoms with E-state index in [9.17, 15) is 9.90 Å². The first-order valence-corrected chi connectivity index (χ1v) is 10.0. The molecule has 0 aliphatic heterocycles. The molecule has 159 valence electrons. The standard InChI is InChI=1S/C21H27NO2.C2H6O.O.V/c1-20(2,3)15-11-14(19(24)16(12-15)21(4,5)6)13-22-17-9-7-8-10-18(17)23;1-2-3;;/h7-13,22-23H,1-6H3;3H,2H2,1H3;;/b14-13-;;;. The molecule has 6 heteroatoms. The molecule has 5 nitrogen and oxygen atoms in total. The number of aliphatic hydroxyl groups excluding tert-OH is 1. The zero-order chi connectivity index (χ0) is 22.8. The number of anilines is 1. The van der Waals surface area contributed by atoms with Crippen LogP contribution in [-0.2, 0) is 25.8 Å². The van der Waals surface area contributed by atoms with Gasteiger partial charge in [0.15, 0.2) is 5.78 Å². The van der Waals surface area contributed by atoms with Crippen molar-refractivity contribution in [2.75, 3.05) is 11.9 Å². The summed E-state index contributed by atoms with van der Waals surface area (Å²) in [6.45, 7) is 14.5. The Morgan fingerprint density at radius 2 is 1.52 bits per heavy atom. The van der Waals surface area contributed by atoms with Crippen molar-refractivity contribution in [2.45, 2.75) is 48.5 Å². The molecule has 0 heterocycles. The summed E-state index contributed by atoms with van der Waals surface area (Å²) in [4.78, 5) is 12.9. The molecule has 0 atom stereocenters. The van der Waals surface area contributed by atoms with E-state index in [1.165, 1.54) is 0 Å². The monoisotopic (exact) mass is 438 g/mol. The van der Waals surface area contributed by atoms with Crippen LogP contribution >= 0.6 is 0 Å². The number of phenolic OH excluding ortho intramolecular Hbond substituents is 1. The second-order valence-electron chi connectivity index (χ2n) is 8.56. The predicted molar refractivity (Wildman–Crippen MR) is 113 cm³/mol. The summed E-state index contributed by atoms with van der Waals surface area (Å²) in [6.07, 6.45) is 5.64. The van der Waals surface area contributed by atoms with Gasteiger partial charge in [-0.3, -0.25) is 4.79 Å². The maximum atomic E-state index is 12.9. The van der Waals surface area contributed by atoms with Crippen molar-refractivity contribution in [3.8, 4) is 5.75 Å². The minimum atomic E-state index is -0.226. The van der Waals surface area contributed by atoms with E-state index in [0.717, 1.165) is 28.5 Å². The molecule has 1 aromatic rings. The number of benzene rings is 1. The van der Waals surface area contributed by atoms with E-state index in [0.29, 0.717) is 11.3 Å². The van der Waals surface area contributed by atoms with Gasteiger partial charge in [0.2, 0.25) is 0 Å². The normalized spacial score (nSPS) is 15.3. The third-order valence-electron chi connectivity index (χ3n) is 4.08. The van der Waals surface area contributed by atoms with Gasteiger partial charge in [0.1, 0.15) is 5.75 Å². The van der Waals surface area contributed by atoms with Crippen molar-refractivity contribution < 1.29 is 36.1 Å². The fraction of sp³-hybridized carbons (Fsp3) is 0.435. The number of allylic oxidation sites excluding steroid dienone is 5. The summed E-state index contributed by atoms with van der Waals surface area (Å²) >= 11 is 1.06. The SMILES string of the molecule is CC(C)(C)C1=C/C(=C/Nc2ccccc2O)C(=O)C(C(C)(C)C)=C1.CCO.[O]=[V]. The molecule has 3 N–H and O–H groups in total. The van der Waals surface area contributed by atoms with Crippen LogP contribution < -0.4 is 5.32 Å². The molecule has 0 saturated heterocycles. The van der Waals surface area contributed by atoms with Gasteiger partial charge in [-0.05, 0) is 41.5 Å². The molecule has 0 unspecified atom stereocenters. The van der Waals surface area contributed by atoms with Crippen molar-refractivity contribution in [1.29, 1.82) is 0 Å². The Kier molecular flexibility index (Phi) is 11.1. The summed E-state index contributed by atoms with van der Waals surface area (Å²) in [5.41, 5.74) is 2.84. The molecule has 1 aromatic carbocycles. The summed E-state index contributed by atoms with van der Waals surface area (Å²) in [6, 6.07) is 6.98. The number of ketones is 1. The van der Waals surface area contributed by atoms with Crippen LogP contribution in [0.5, 0.6) is 5.75 Å². The van der Waals surface area contributed by atoms with Crippen LogP contribution in [0.15, 0.2) is 59.3 Å². The molecular formula is C23H33NO4V. The van der Waals surface area contributed by atoms with Crippen molar-refractivity contribution in [2.24, 2.45) is 10.8 Å². The van der Waals surface area contributed by atoms with Gasteiger partial charge in [-0.15, -0.1) is 0 Å². The van der Waals surface area contributed by atoms with Gasteiger partial charge in [0.05, 0.1) is 5.69 Å². The molecule has 0 spiro atoms. The number of nitrogens with one attached hydrogen (secondary N) is 1. The van der Waals surface area contributed by atoms with Crippen LogP contribution in [-0.4, -0.2) is 22.6 Å². The zero-order valence-corrected chi connectivity index (χ0v) is 19.8. The van der Waals surface area contributed by atoms with Gasteiger partial charge in [-0.2, -0.15) is 0 Å². The Morgan fingerprint density at radius 3 is 1.97 bits per heavy atom. The van der Waals surface area contributed by atoms with Gasteiger partial charge in [0.25, 0.3) is 0 Å². The quantitative estimate of drug-likeness (QED) is 0.442. The average molecular weight is 438 g/mol. The van der Waals surface area contributed by atoms with E-state index in [4.69, 9.17) is 8.78 Å². The number of para-hydroxylation sites is 2. The molecule has 2 rings (SSSR count). The average Bonchev–Trinajstić information content (AvgIpc) is 2.62. The summed E-state index contributed by atoms with van der Waals surface area (Å²) in [5, 5.41) is 20.5. The third kappa shape index (κ3) is 8.52. The van der Waals surface area contributed by atoms with Crippen LogP contribution in [0.3, 0.4) is 0 Å². The molecule has 0 fully saturated rings.